The average molecular weight is 668 g/mol. The molecule has 0 fully saturated rings. The summed E-state index contributed by atoms with van der Waals surface area (Å²) in [5, 5.41) is 3.37. The van der Waals surface area contributed by atoms with Gasteiger partial charge in [-0.05, 0) is 68.4 Å². The number of hydrogen-bond acceptors (Lipinski definition) is 4. The molecular formula is C28H23BrClF3N4O3S. The number of nitrogens with one attached hydrogen (secondary N) is 1. The highest BCUT2D eigenvalue weighted by Crippen LogP contribution is 2.38. The van der Waals surface area contributed by atoms with Crippen molar-refractivity contribution >= 4 is 55.4 Å². The first kappa shape index (κ1) is 30.4. The van der Waals surface area contributed by atoms with Crippen LogP contribution in [0.4, 0.5) is 18.9 Å². The van der Waals surface area contributed by atoms with Crippen LogP contribution in [0.5, 0.6) is 0 Å². The Balaban J connectivity index is 1.61. The van der Waals surface area contributed by atoms with Crippen LogP contribution in [0, 0.1) is 13.8 Å². The third-order valence-corrected chi connectivity index (χ3v) is 8.70. The van der Waals surface area contributed by atoms with Crippen molar-refractivity contribution in [3.8, 4) is 5.69 Å². The maximum Gasteiger partial charge on any atom is 0.417 e. The van der Waals surface area contributed by atoms with E-state index in [0.717, 1.165) is 33.7 Å². The minimum Gasteiger partial charge on any atom is -0.318 e. The summed E-state index contributed by atoms with van der Waals surface area (Å²) in [6, 6.07) is 19.3. The van der Waals surface area contributed by atoms with E-state index in [-0.39, 0.29) is 10.6 Å². The number of anilines is 1. The van der Waals surface area contributed by atoms with Gasteiger partial charge in [0.2, 0.25) is 0 Å². The van der Waals surface area contributed by atoms with Gasteiger partial charge in [0.15, 0.2) is 0 Å². The Kier molecular flexibility index (Phi) is 8.95. The maximum absolute atomic E-state index is 13.5. The van der Waals surface area contributed by atoms with E-state index in [2.05, 4.69) is 26.5 Å². The standard InChI is InChI=1S/C28H23BrClF3N4O3S/c1-18-13-20(19(2)37(18)23-8-6-7-21(29)14-23)16-34-35-27(38)17-36(41(39,40)24-9-4-3-5-10-24)22-11-12-26(30)25(15-22)28(31,32)33/h3-16H,17H2,1-2H3,(H,35,38)/b34-16-. The summed E-state index contributed by atoms with van der Waals surface area (Å²) in [6.45, 7) is 2.95. The summed E-state index contributed by atoms with van der Waals surface area (Å²) >= 11 is 9.19. The Bertz CT molecular complexity index is 1730. The first-order chi connectivity index (χ1) is 19.3. The van der Waals surface area contributed by atoms with Crippen LogP contribution in [-0.4, -0.2) is 31.7 Å². The van der Waals surface area contributed by atoms with Crippen LogP contribution in [0.15, 0.2) is 93.3 Å². The summed E-state index contributed by atoms with van der Waals surface area (Å²) in [5.74, 6) is -0.870. The lowest BCUT2D eigenvalue weighted by molar-refractivity contribution is -0.137. The predicted octanol–water partition coefficient (Wildman–Crippen LogP) is 6.87. The zero-order valence-electron chi connectivity index (χ0n) is 21.7. The first-order valence-corrected chi connectivity index (χ1v) is 14.6. The summed E-state index contributed by atoms with van der Waals surface area (Å²) in [4.78, 5) is 12.7. The van der Waals surface area contributed by atoms with E-state index in [1.165, 1.54) is 30.5 Å². The highest BCUT2D eigenvalue weighted by molar-refractivity contribution is 9.10. The van der Waals surface area contributed by atoms with Crippen LogP contribution in [0.1, 0.15) is 22.5 Å². The summed E-state index contributed by atoms with van der Waals surface area (Å²) < 4.78 is 71.0. The molecule has 0 bridgehead atoms. The molecule has 0 aliphatic rings. The van der Waals surface area contributed by atoms with Crippen LogP contribution in [0.3, 0.4) is 0 Å². The molecule has 1 N–H and O–H groups in total. The Labute approximate surface area is 248 Å². The van der Waals surface area contributed by atoms with Crippen LogP contribution in [0.2, 0.25) is 5.02 Å². The van der Waals surface area contributed by atoms with Crippen molar-refractivity contribution in [3.05, 3.63) is 111 Å². The molecule has 13 heteroatoms. The van der Waals surface area contributed by atoms with Crippen molar-refractivity contribution in [1.82, 2.24) is 9.99 Å². The highest BCUT2D eigenvalue weighted by Gasteiger charge is 2.35. The van der Waals surface area contributed by atoms with E-state index >= 15 is 0 Å². The Hall–Kier alpha value is -3.61. The van der Waals surface area contributed by atoms with Gasteiger partial charge in [-0.1, -0.05) is 51.8 Å². The first-order valence-electron chi connectivity index (χ1n) is 12.0. The van der Waals surface area contributed by atoms with Crippen molar-refractivity contribution in [3.63, 3.8) is 0 Å². The second-order valence-corrected chi connectivity index (χ2v) is 12.1. The Morgan fingerprint density at radius 1 is 1.05 bits per heavy atom. The fourth-order valence-corrected chi connectivity index (χ4v) is 6.24. The minimum absolute atomic E-state index is 0.209. The van der Waals surface area contributed by atoms with Crippen molar-refractivity contribution in [2.75, 3.05) is 10.8 Å². The number of carbonyl (C=O) groups excluding carboxylic acids is 1. The summed E-state index contributed by atoms with van der Waals surface area (Å²) in [6.07, 6.45) is -3.43. The molecular weight excluding hydrogens is 645 g/mol. The fraction of sp³-hybridized carbons (Fsp3) is 0.143. The number of halogens is 5. The highest BCUT2D eigenvalue weighted by atomic mass is 79.9. The molecule has 7 nitrogen and oxygen atoms in total. The van der Waals surface area contributed by atoms with Gasteiger partial charge in [0, 0.05) is 27.1 Å². The molecule has 0 saturated carbocycles. The number of alkyl halides is 3. The van der Waals surface area contributed by atoms with Crippen molar-refractivity contribution in [1.29, 1.82) is 0 Å². The predicted molar refractivity (Wildman–Crippen MR) is 156 cm³/mol. The monoisotopic (exact) mass is 666 g/mol. The fourth-order valence-electron chi connectivity index (χ4n) is 4.19. The second kappa shape index (κ2) is 12.1. The number of carbonyl (C=O) groups is 1. The molecule has 1 heterocycles. The molecule has 41 heavy (non-hydrogen) atoms. The molecule has 0 aliphatic heterocycles. The molecule has 4 rings (SSSR count). The van der Waals surface area contributed by atoms with E-state index in [9.17, 15) is 26.4 Å². The molecule has 0 aliphatic carbocycles. The van der Waals surface area contributed by atoms with Crippen LogP contribution in [-0.2, 0) is 21.0 Å². The number of sulfonamides is 1. The van der Waals surface area contributed by atoms with Gasteiger partial charge in [0.05, 0.1) is 27.4 Å². The number of benzene rings is 3. The lowest BCUT2D eigenvalue weighted by Gasteiger charge is -2.24. The van der Waals surface area contributed by atoms with Gasteiger partial charge in [-0.25, -0.2) is 13.8 Å². The third kappa shape index (κ3) is 6.83. The summed E-state index contributed by atoms with van der Waals surface area (Å²) in [5.41, 5.74) is 4.03. The van der Waals surface area contributed by atoms with E-state index in [1.807, 2.05) is 48.7 Å². The molecule has 0 atom stereocenters. The van der Waals surface area contributed by atoms with Gasteiger partial charge >= 0.3 is 6.18 Å². The van der Waals surface area contributed by atoms with Gasteiger partial charge in [-0.3, -0.25) is 9.10 Å². The number of amides is 1. The van der Waals surface area contributed by atoms with Gasteiger partial charge in [-0.2, -0.15) is 18.3 Å². The molecule has 1 aromatic heterocycles. The van der Waals surface area contributed by atoms with E-state index in [0.29, 0.717) is 15.9 Å². The lowest BCUT2D eigenvalue weighted by Crippen LogP contribution is -2.39. The number of aromatic nitrogens is 1. The van der Waals surface area contributed by atoms with Crippen molar-refractivity contribution < 1.29 is 26.4 Å². The van der Waals surface area contributed by atoms with Gasteiger partial charge in [-0.15, -0.1) is 0 Å². The number of aryl methyl sites for hydroxylation is 1. The molecule has 0 unspecified atom stereocenters. The second-order valence-electron chi connectivity index (χ2n) is 8.92. The lowest BCUT2D eigenvalue weighted by atomic mass is 10.2. The molecule has 4 aromatic rings. The quantitative estimate of drug-likeness (QED) is 0.164. The number of hydrogen-bond donors (Lipinski definition) is 1. The SMILES string of the molecule is Cc1cc(/C=N\NC(=O)CN(c2ccc(Cl)c(C(F)(F)F)c2)S(=O)(=O)c2ccccc2)c(C)n1-c1cccc(Br)c1. The molecule has 1 amide bonds. The zero-order valence-corrected chi connectivity index (χ0v) is 24.8. The number of rotatable bonds is 8. The van der Waals surface area contributed by atoms with Crippen molar-refractivity contribution in [2.45, 2.75) is 24.9 Å². The zero-order chi connectivity index (χ0) is 29.9. The summed E-state index contributed by atoms with van der Waals surface area (Å²) in [7, 11) is -4.44. The van der Waals surface area contributed by atoms with Crippen LogP contribution >= 0.6 is 27.5 Å². The van der Waals surface area contributed by atoms with E-state index < -0.39 is 39.2 Å². The maximum atomic E-state index is 13.5. The smallest absolute Gasteiger partial charge is 0.318 e. The molecule has 0 radical (unpaired) electrons. The average Bonchev–Trinajstić information content (AvgIpc) is 3.20. The normalized spacial score (nSPS) is 12.1. The van der Waals surface area contributed by atoms with Gasteiger partial charge in [0.25, 0.3) is 15.9 Å². The number of hydrazone groups is 1. The number of nitrogens with zero attached hydrogens (tertiary/aromatic N) is 3. The van der Waals surface area contributed by atoms with Crippen LogP contribution < -0.4 is 9.73 Å². The molecule has 0 saturated heterocycles. The molecule has 3 aromatic carbocycles. The largest absolute Gasteiger partial charge is 0.417 e. The molecule has 214 valence electrons. The van der Waals surface area contributed by atoms with E-state index in [1.54, 1.807) is 6.07 Å². The van der Waals surface area contributed by atoms with E-state index in [4.69, 9.17) is 11.6 Å². The minimum atomic E-state index is -4.84. The van der Waals surface area contributed by atoms with Crippen LogP contribution in [0.25, 0.3) is 5.69 Å². The van der Waals surface area contributed by atoms with Crippen molar-refractivity contribution in [2.24, 2.45) is 5.10 Å². The Morgan fingerprint density at radius 3 is 2.41 bits per heavy atom. The topological polar surface area (TPSA) is 83.8 Å². The van der Waals surface area contributed by atoms with Gasteiger partial charge < -0.3 is 4.57 Å². The van der Waals surface area contributed by atoms with Gasteiger partial charge in [0.1, 0.15) is 6.54 Å². The third-order valence-electron chi connectivity index (χ3n) is 6.09. The Morgan fingerprint density at radius 2 is 1.76 bits per heavy atom. The molecule has 0 spiro atoms.